The Kier molecular flexibility index (Phi) is 4.98. The van der Waals surface area contributed by atoms with Crippen molar-refractivity contribution < 1.29 is 14.4 Å². The minimum Gasteiger partial charge on any atom is -0.298 e. The molecule has 3 aromatic rings. The minimum absolute atomic E-state index is 0.0538. The van der Waals surface area contributed by atoms with E-state index in [1.165, 1.54) is 5.56 Å². The second-order valence-electron chi connectivity index (χ2n) is 7.78. The first-order chi connectivity index (χ1) is 14.0. The molecule has 0 N–H and O–H groups in total. The van der Waals surface area contributed by atoms with Crippen LogP contribution in [-0.4, -0.2) is 17.3 Å². The summed E-state index contributed by atoms with van der Waals surface area (Å²) in [5, 5.41) is 0. The van der Waals surface area contributed by atoms with Crippen molar-refractivity contribution >= 4 is 17.3 Å². The summed E-state index contributed by atoms with van der Waals surface area (Å²) in [6, 6.07) is 22.6. The SMILES string of the molecule is CC(C)c1ccc(-c2ccccc2CC(=O)C2C(=O)c3ccccc3C2=O)cc1. The van der Waals surface area contributed by atoms with Gasteiger partial charge in [0.15, 0.2) is 17.3 Å². The molecule has 0 aromatic heterocycles. The zero-order valence-corrected chi connectivity index (χ0v) is 16.5. The number of hydrogen-bond acceptors (Lipinski definition) is 3. The van der Waals surface area contributed by atoms with E-state index in [0.29, 0.717) is 17.0 Å². The molecule has 0 saturated heterocycles. The van der Waals surface area contributed by atoms with Gasteiger partial charge < -0.3 is 0 Å². The molecule has 0 spiro atoms. The molecule has 0 radical (unpaired) electrons. The molecule has 29 heavy (non-hydrogen) atoms. The van der Waals surface area contributed by atoms with Crippen LogP contribution in [0.1, 0.15) is 51.6 Å². The third-order valence-corrected chi connectivity index (χ3v) is 5.57. The molecule has 0 aliphatic heterocycles. The number of hydrogen-bond donors (Lipinski definition) is 0. The molecule has 0 heterocycles. The second kappa shape index (κ2) is 7.59. The van der Waals surface area contributed by atoms with Crippen LogP contribution in [0.2, 0.25) is 0 Å². The lowest BCUT2D eigenvalue weighted by Gasteiger charge is -2.12. The van der Waals surface area contributed by atoms with E-state index in [1.54, 1.807) is 24.3 Å². The number of carbonyl (C=O) groups excluding carboxylic acids is 3. The third kappa shape index (κ3) is 3.44. The molecular formula is C26H22O3. The van der Waals surface area contributed by atoms with Crippen molar-refractivity contribution in [3.05, 3.63) is 95.1 Å². The Morgan fingerprint density at radius 2 is 1.28 bits per heavy atom. The number of rotatable bonds is 5. The zero-order valence-electron chi connectivity index (χ0n) is 16.5. The molecule has 3 aromatic carbocycles. The Morgan fingerprint density at radius 1 is 0.759 bits per heavy atom. The highest BCUT2D eigenvalue weighted by molar-refractivity contribution is 6.35. The van der Waals surface area contributed by atoms with Gasteiger partial charge in [-0.2, -0.15) is 0 Å². The van der Waals surface area contributed by atoms with E-state index in [0.717, 1.165) is 16.7 Å². The predicted octanol–water partition coefficient (Wildman–Crippen LogP) is 5.28. The molecule has 0 bridgehead atoms. The standard InChI is InChI=1S/C26H22O3/c1-16(2)17-11-13-18(14-12-17)20-8-4-3-7-19(20)15-23(27)24-25(28)21-9-5-6-10-22(21)26(24)29/h3-14,16,24H,15H2,1-2H3. The van der Waals surface area contributed by atoms with Crippen LogP contribution in [0.25, 0.3) is 11.1 Å². The van der Waals surface area contributed by atoms with Gasteiger partial charge >= 0.3 is 0 Å². The van der Waals surface area contributed by atoms with Crippen LogP contribution in [-0.2, 0) is 11.2 Å². The van der Waals surface area contributed by atoms with Crippen LogP contribution >= 0.6 is 0 Å². The lowest BCUT2D eigenvalue weighted by Crippen LogP contribution is -2.27. The Bertz CT molecular complexity index is 1070. The average Bonchev–Trinajstić information content (AvgIpc) is 2.99. The summed E-state index contributed by atoms with van der Waals surface area (Å²) in [6.07, 6.45) is 0.0538. The quantitative estimate of drug-likeness (QED) is 0.564. The zero-order chi connectivity index (χ0) is 20.5. The molecule has 1 aliphatic carbocycles. The monoisotopic (exact) mass is 382 g/mol. The fraction of sp³-hybridized carbons (Fsp3) is 0.192. The first kappa shape index (κ1) is 19.0. The molecule has 0 fully saturated rings. The van der Waals surface area contributed by atoms with Crippen molar-refractivity contribution in [2.45, 2.75) is 26.2 Å². The summed E-state index contributed by atoms with van der Waals surface area (Å²) < 4.78 is 0. The second-order valence-corrected chi connectivity index (χ2v) is 7.78. The minimum atomic E-state index is -1.22. The summed E-state index contributed by atoms with van der Waals surface area (Å²) in [5.74, 6) is -1.88. The van der Waals surface area contributed by atoms with E-state index in [2.05, 4.69) is 38.1 Å². The Morgan fingerprint density at radius 3 is 1.83 bits per heavy atom. The molecule has 0 unspecified atom stereocenters. The van der Waals surface area contributed by atoms with Crippen LogP contribution in [0, 0.1) is 5.92 Å². The largest absolute Gasteiger partial charge is 0.298 e. The van der Waals surface area contributed by atoms with Crippen LogP contribution in [0.15, 0.2) is 72.8 Å². The molecule has 3 heteroatoms. The van der Waals surface area contributed by atoms with Crippen LogP contribution in [0.4, 0.5) is 0 Å². The maximum Gasteiger partial charge on any atom is 0.181 e. The molecule has 4 rings (SSSR count). The molecule has 0 amide bonds. The van der Waals surface area contributed by atoms with Crippen molar-refractivity contribution in [3.63, 3.8) is 0 Å². The highest BCUT2D eigenvalue weighted by Crippen LogP contribution is 2.30. The predicted molar refractivity (Wildman–Crippen MR) is 113 cm³/mol. The van der Waals surface area contributed by atoms with E-state index in [-0.39, 0.29) is 23.8 Å². The first-order valence-corrected chi connectivity index (χ1v) is 9.85. The van der Waals surface area contributed by atoms with Gasteiger partial charge in [-0.25, -0.2) is 0 Å². The fourth-order valence-electron chi connectivity index (χ4n) is 3.93. The van der Waals surface area contributed by atoms with Crippen molar-refractivity contribution in [2.24, 2.45) is 5.92 Å². The molecule has 0 saturated carbocycles. The summed E-state index contributed by atoms with van der Waals surface area (Å²) in [7, 11) is 0. The smallest absolute Gasteiger partial charge is 0.181 e. The van der Waals surface area contributed by atoms with Gasteiger partial charge in [0.1, 0.15) is 5.92 Å². The summed E-state index contributed by atoms with van der Waals surface area (Å²) in [4.78, 5) is 38.3. The Hall–Kier alpha value is -3.33. The van der Waals surface area contributed by atoms with Gasteiger partial charge in [0.25, 0.3) is 0 Å². The summed E-state index contributed by atoms with van der Waals surface area (Å²) in [6.45, 7) is 4.30. The van der Waals surface area contributed by atoms with E-state index in [1.807, 2.05) is 24.3 Å². The normalized spacial score (nSPS) is 13.8. The lowest BCUT2D eigenvalue weighted by molar-refractivity contribution is -0.119. The maximum absolute atomic E-state index is 13.0. The van der Waals surface area contributed by atoms with E-state index >= 15 is 0 Å². The van der Waals surface area contributed by atoms with Crippen molar-refractivity contribution in [2.75, 3.05) is 0 Å². The number of carbonyl (C=O) groups is 3. The van der Waals surface area contributed by atoms with Crippen LogP contribution in [0.5, 0.6) is 0 Å². The fourth-order valence-corrected chi connectivity index (χ4v) is 3.93. The van der Waals surface area contributed by atoms with E-state index in [9.17, 15) is 14.4 Å². The lowest BCUT2D eigenvalue weighted by atomic mass is 9.89. The topological polar surface area (TPSA) is 51.2 Å². The van der Waals surface area contributed by atoms with Gasteiger partial charge in [-0.1, -0.05) is 86.6 Å². The first-order valence-electron chi connectivity index (χ1n) is 9.85. The van der Waals surface area contributed by atoms with Gasteiger partial charge in [-0.05, 0) is 28.2 Å². The van der Waals surface area contributed by atoms with Crippen molar-refractivity contribution in [3.8, 4) is 11.1 Å². The van der Waals surface area contributed by atoms with Gasteiger partial charge in [0.05, 0.1) is 0 Å². The Labute approximate surface area is 170 Å². The summed E-state index contributed by atoms with van der Waals surface area (Å²) in [5.41, 5.74) is 4.76. The summed E-state index contributed by atoms with van der Waals surface area (Å²) >= 11 is 0. The molecule has 144 valence electrons. The third-order valence-electron chi connectivity index (χ3n) is 5.57. The highest BCUT2D eigenvalue weighted by Gasteiger charge is 2.42. The highest BCUT2D eigenvalue weighted by atomic mass is 16.2. The van der Waals surface area contributed by atoms with Crippen molar-refractivity contribution in [1.29, 1.82) is 0 Å². The van der Waals surface area contributed by atoms with Crippen LogP contribution in [0.3, 0.4) is 0 Å². The Balaban J connectivity index is 1.62. The van der Waals surface area contributed by atoms with Gasteiger partial charge in [0.2, 0.25) is 0 Å². The number of Topliss-reactive ketones (excluding diaryl/α,β-unsaturated/α-hetero) is 3. The van der Waals surface area contributed by atoms with E-state index < -0.39 is 5.92 Å². The maximum atomic E-state index is 13.0. The number of fused-ring (bicyclic) bond motifs is 1. The van der Waals surface area contributed by atoms with Gasteiger partial charge in [-0.3, -0.25) is 14.4 Å². The van der Waals surface area contributed by atoms with Crippen LogP contribution < -0.4 is 0 Å². The molecular weight excluding hydrogens is 360 g/mol. The van der Waals surface area contributed by atoms with Gasteiger partial charge in [0, 0.05) is 17.5 Å². The van der Waals surface area contributed by atoms with Crippen molar-refractivity contribution in [1.82, 2.24) is 0 Å². The van der Waals surface area contributed by atoms with Gasteiger partial charge in [-0.15, -0.1) is 0 Å². The molecule has 3 nitrogen and oxygen atoms in total. The number of benzene rings is 3. The molecule has 0 atom stereocenters. The number of ketones is 3. The molecule has 1 aliphatic rings. The average molecular weight is 382 g/mol. The van der Waals surface area contributed by atoms with E-state index in [4.69, 9.17) is 0 Å².